The molecule has 134 valence electrons. The maximum absolute atomic E-state index is 4.70. The van der Waals surface area contributed by atoms with Crippen LogP contribution < -0.4 is 5.32 Å². The molecule has 0 amide bonds. The number of aryl methyl sites for hydroxylation is 2. The normalized spacial score (nSPS) is 16.3. The van der Waals surface area contributed by atoms with E-state index in [1.165, 1.54) is 38.9 Å². The Morgan fingerprint density at radius 3 is 2.78 bits per heavy atom. The minimum absolute atomic E-state index is 0.319. The van der Waals surface area contributed by atoms with Gasteiger partial charge in [-0.1, -0.05) is 42.5 Å². The van der Waals surface area contributed by atoms with E-state index in [-0.39, 0.29) is 0 Å². The fourth-order valence-corrected chi connectivity index (χ4v) is 4.98. The molecule has 27 heavy (non-hydrogen) atoms. The summed E-state index contributed by atoms with van der Waals surface area (Å²) in [5.74, 6) is 1.72. The molecule has 5 rings (SSSR count). The van der Waals surface area contributed by atoms with Gasteiger partial charge < -0.3 is 5.32 Å². The monoisotopic (exact) mass is 371 g/mol. The van der Waals surface area contributed by atoms with Crippen LogP contribution in [0.1, 0.15) is 35.8 Å². The quantitative estimate of drug-likeness (QED) is 0.469. The molecule has 2 heterocycles. The number of hydrogen-bond acceptors (Lipinski definition) is 4. The van der Waals surface area contributed by atoms with Crippen molar-refractivity contribution in [2.75, 3.05) is 5.32 Å². The molecule has 4 heteroatoms. The first-order valence-electron chi connectivity index (χ1n) is 9.45. The van der Waals surface area contributed by atoms with Gasteiger partial charge in [0.1, 0.15) is 11.6 Å². The van der Waals surface area contributed by atoms with E-state index in [1.807, 2.05) is 6.92 Å². The van der Waals surface area contributed by atoms with Crippen molar-refractivity contribution >= 4 is 27.2 Å². The minimum Gasteiger partial charge on any atom is -0.363 e. The molecule has 1 unspecified atom stereocenters. The molecule has 1 N–H and O–H groups in total. The van der Waals surface area contributed by atoms with Crippen LogP contribution in [0.4, 0.5) is 5.82 Å². The Morgan fingerprint density at radius 1 is 1.00 bits per heavy atom. The van der Waals surface area contributed by atoms with Gasteiger partial charge in [-0.25, -0.2) is 9.97 Å². The average molecular weight is 372 g/mol. The maximum Gasteiger partial charge on any atom is 0.130 e. The highest BCUT2D eigenvalue weighted by Gasteiger charge is 2.20. The summed E-state index contributed by atoms with van der Waals surface area (Å²) in [5, 5.41) is 4.94. The number of fused-ring (bicyclic) bond motifs is 2. The third-order valence-electron chi connectivity index (χ3n) is 5.21. The highest BCUT2D eigenvalue weighted by atomic mass is 32.1. The van der Waals surface area contributed by atoms with Crippen molar-refractivity contribution in [3.63, 3.8) is 0 Å². The molecule has 2 aromatic carbocycles. The molecule has 1 atom stereocenters. The first kappa shape index (κ1) is 16.5. The van der Waals surface area contributed by atoms with Crippen LogP contribution in [-0.2, 0) is 6.42 Å². The zero-order valence-electron chi connectivity index (χ0n) is 15.3. The number of anilines is 1. The van der Waals surface area contributed by atoms with Crippen molar-refractivity contribution in [1.29, 1.82) is 0 Å². The molecule has 0 spiro atoms. The lowest BCUT2D eigenvalue weighted by atomic mass is 9.88. The van der Waals surface area contributed by atoms with Gasteiger partial charge in [0.15, 0.2) is 0 Å². The molecule has 0 bridgehead atoms. The lowest BCUT2D eigenvalue weighted by molar-refractivity contribution is 0.598. The van der Waals surface area contributed by atoms with Gasteiger partial charge in [-0.2, -0.15) is 0 Å². The molecule has 1 aliphatic rings. The van der Waals surface area contributed by atoms with Gasteiger partial charge in [-0.15, -0.1) is 11.3 Å². The van der Waals surface area contributed by atoms with Gasteiger partial charge in [0, 0.05) is 10.8 Å². The maximum atomic E-state index is 4.70. The minimum atomic E-state index is 0.319. The van der Waals surface area contributed by atoms with Gasteiger partial charge in [-0.3, -0.25) is 0 Å². The Hall–Kier alpha value is -2.72. The van der Waals surface area contributed by atoms with Crippen LogP contribution in [0.3, 0.4) is 0 Å². The van der Waals surface area contributed by atoms with Crippen LogP contribution in [0, 0.1) is 6.92 Å². The number of benzene rings is 2. The smallest absolute Gasteiger partial charge is 0.130 e. The zero-order chi connectivity index (χ0) is 18.2. The molecule has 0 radical (unpaired) electrons. The zero-order valence-corrected chi connectivity index (χ0v) is 16.1. The summed E-state index contributed by atoms with van der Waals surface area (Å²) in [6.45, 7) is 1.97. The van der Waals surface area contributed by atoms with E-state index in [4.69, 9.17) is 4.98 Å². The third-order valence-corrected chi connectivity index (χ3v) is 6.35. The summed E-state index contributed by atoms with van der Waals surface area (Å²) in [4.78, 5) is 10.5. The summed E-state index contributed by atoms with van der Waals surface area (Å²) in [6.07, 6.45) is 3.52. The van der Waals surface area contributed by atoms with E-state index in [2.05, 4.69) is 71.0 Å². The highest BCUT2D eigenvalue weighted by molar-refractivity contribution is 7.22. The average Bonchev–Trinajstić information content (AvgIpc) is 3.12. The number of hydrogen-bond donors (Lipinski definition) is 1. The van der Waals surface area contributed by atoms with Gasteiger partial charge in [0.05, 0.1) is 16.6 Å². The highest BCUT2D eigenvalue weighted by Crippen LogP contribution is 2.35. The predicted octanol–water partition coefficient (Wildman–Crippen LogP) is 6.16. The largest absolute Gasteiger partial charge is 0.363 e. The number of thiophene rings is 1. The van der Waals surface area contributed by atoms with Crippen LogP contribution in [0.2, 0.25) is 0 Å². The Bertz CT molecular complexity index is 1080. The molecule has 0 aliphatic heterocycles. The Labute approximate surface area is 163 Å². The first-order chi connectivity index (χ1) is 13.3. The Morgan fingerprint density at radius 2 is 1.85 bits per heavy atom. The molecule has 0 saturated heterocycles. The van der Waals surface area contributed by atoms with E-state index in [1.54, 1.807) is 11.3 Å². The summed E-state index contributed by atoms with van der Waals surface area (Å²) in [6, 6.07) is 21.9. The molecular formula is C23H21N3S. The Kier molecular flexibility index (Phi) is 4.13. The van der Waals surface area contributed by atoms with E-state index in [0.29, 0.717) is 6.04 Å². The van der Waals surface area contributed by atoms with Gasteiger partial charge in [-0.05, 0) is 54.8 Å². The van der Waals surface area contributed by atoms with Crippen molar-refractivity contribution in [3.8, 4) is 10.6 Å². The molecule has 0 saturated carbocycles. The van der Waals surface area contributed by atoms with Crippen LogP contribution in [0.25, 0.3) is 20.7 Å². The van der Waals surface area contributed by atoms with Crippen molar-refractivity contribution in [1.82, 2.24) is 9.97 Å². The summed E-state index contributed by atoms with van der Waals surface area (Å²) >= 11 is 1.78. The van der Waals surface area contributed by atoms with E-state index >= 15 is 0 Å². The second-order valence-corrected chi connectivity index (χ2v) is 8.21. The number of nitrogens with one attached hydrogen (secondary N) is 1. The summed E-state index contributed by atoms with van der Waals surface area (Å²) < 4.78 is 1.29. The van der Waals surface area contributed by atoms with Crippen molar-refractivity contribution in [2.24, 2.45) is 0 Å². The lowest BCUT2D eigenvalue weighted by Gasteiger charge is -2.27. The van der Waals surface area contributed by atoms with Gasteiger partial charge in [0.25, 0.3) is 0 Å². The van der Waals surface area contributed by atoms with Gasteiger partial charge in [0.2, 0.25) is 0 Å². The molecule has 3 nitrogen and oxygen atoms in total. The molecular weight excluding hydrogens is 350 g/mol. The van der Waals surface area contributed by atoms with Gasteiger partial charge >= 0.3 is 0 Å². The molecule has 0 fully saturated rings. The van der Waals surface area contributed by atoms with E-state index in [9.17, 15) is 0 Å². The van der Waals surface area contributed by atoms with Crippen molar-refractivity contribution in [2.45, 2.75) is 32.2 Å². The third kappa shape index (κ3) is 3.21. The van der Waals surface area contributed by atoms with E-state index < -0.39 is 0 Å². The number of aromatic nitrogens is 2. The second-order valence-electron chi connectivity index (χ2n) is 7.12. The first-order valence-corrected chi connectivity index (χ1v) is 10.3. The fourth-order valence-electron chi connectivity index (χ4n) is 3.96. The van der Waals surface area contributed by atoms with Crippen LogP contribution in [0.5, 0.6) is 0 Å². The second kappa shape index (κ2) is 6.78. The molecule has 1 aliphatic carbocycles. The number of nitrogens with zero attached hydrogens (tertiary/aromatic N) is 2. The van der Waals surface area contributed by atoms with Crippen molar-refractivity contribution < 1.29 is 0 Å². The molecule has 2 aromatic heterocycles. The molecule has 4 aromatic rings. The topological polar surface area (TPSA) is 37.8 Å². The number of rotatable bonds is 3. The lowest BCUT2D eigenvalue weighted by Crippen LogP contribution is -2.18. The van der Waals surface area contributed by atoms with E-state index in [0.717, 1.165) is 23.8 Å². The SMILES string of the molecule is Cc1nc(NC2CCCc3ccccc32)cc(-c2cc3ccccc3s2)n1. The van der Waals surface area contributed by atoms with Crippen LogP contribution in [-0.4, -0.2) is 9.97 Å². The van der Waals surface area contributed by atoms with Crippen LogP contribution >= 0.6 is 11.3 Å². The predicted molar refractivity (Wildman–Crippen MR) is 113 cm³/mol. The fraction of sp³-hybridized carbons (Fsp3) is 0.217. The summed E-state index contributed by atoms with van der Waals surface area (Å²) in [5.41, 5.74) is 3.86. The standard InChI is InChI=1S/C23H21N3S/c1-15-24-20(22-13-17-8-3-5-12-21(17)27-22)14-23(25-15)26-19-11-6-9-16-7-2-4-10-18(16)19/h2-5,7-8,10,12-14,19H,6,9,11H2,1H3,(H,24,25,26). The van der Waals surface area contributed by atoms with Crippen molar-refractivity contribution in [3.05, 3.63) is 77.6 Å². The van der Waals surface area contributed by atoms with Crippen LogP contribution in [0.15, 0.2) is 60.7 Å². The Balaban J connectivity index is 1.49. The summed E-state index contributed by atoms with van der Waals surface area (Å²) in [7, 11) is 0.